The number of aliphatic hydroxyl groups is 2. The molecule has 0 heterocycles. The van der Waals surface area contributed by atoms with Crippen LogP contribution in [0.2, 0.25) is 0 Å². The minimum absolute atomic E-state index is 0.00448. The Bertz CT molecular complexity index is 1140. The highest BCUT2D eigenvalue weighted by atomic mass is 16.5. The second-order valence-corrected chi connectivity index (χ2v) is 22.8. The summed E-state index contributed by atoms with van der Waals surface area (Å²) in [6.07, 6.45) is 77.8. The minimum atomic E-state index is -0.661. The molecule has 0 fully saturated rings. The van der Waals surface area contributed by atoms with Crippen LogP contribution < -0.4 is 5.32 Å². The zero-order chi connectivity index (χ0) is 52.9. The van der Waals surface area contributed by atoms with Gasteiger partial charge in [-0.3, -0.25) is 9.59 Å². The van der Waals surface area contributed by atoms with E-state index >= 15 is 0 Å². The minimum Gasteiger partial charge on any atom is -0.466 e. The molecule has 1 amide bonds. The Hall–Kier alpha value is -1.66. The molecule has 0 radical (unpaired) electrons. The van der Waals surface area contributed by atoms with Crippen LogP contribution in [0.4, 0.5) is 0 Å². The van der Waals surface area contributed by atoms with Gasteiger partial charge in [-0.25, -0.2) is 0 Å². The fourth-order valence-corrected chi connectivity index (χ4v) is 10.4. The molecule has 0 aliphatic heterocycles. The van der Waals surface area contributed by atoms with Crippen LogP contribution in [0.15, 0.2) is 24.3 Å². The first-order chi connectivity index (χ1) is 36.0. The molecule has 2 unspecified atom stereocenters. The van der Waals surface area contributed by atoms with Gasteiger partial charge in [0, 0.05) is 12.8 Å². The van der Waals surface area contributed by atoms with E-state index in [-0.39, 0.29) is 18.5 Å². The van der Waals surface area contributed by atoms with Crippen molar-refractivity contribution in [1.82, 2.24) is 5.32 Å². The van der Waals surface area contributed by atoms with Crippen LogP contribution in [-0.2, 0) is 14.3 Å². The zero-order valence-corrected chi connectivity index (χ0v) is 49.4. The summed E-state index contributed by atoms with van der Waals surface area (Å²) < 4.78 is 5.48. The van der Waals surface area contributed by atoms with Gasteiger partial charge in [0.2, 0.25) is 5.91 Å². The van der Waals surface area contributed by atoms with Crippen molar-refractivity contribution < 1.29 is 24.5 Å². The molecule has 6 nitrogen and oxygen atoms in total. The van der Waals surface area contributed by atoms with Crippen LogP contribution in [0.3, 0.4) is 0 Å². The second kappa shape index (κ2) is 62.9. The maximum atomic E-state index is 12.5. The number of hydrogen-bond donors (Lipinski definition) is 3. The molecule has 0 saturated carbocycles. The Morgan fingerprint density at radius 2 is 0.685 bits per heavy atom. The molecule has 6 heteroatoms. The summed E-state index contributed by atoms with van der Waals surface area (Å²) in [5, 5.41) is 23.3. The summed E-state index contributed by atoms with van der Waals surface area (Å²) >= 11 is 0. The molecule has 432 valence electrons. The first kappa shape index (κ1) is 71.3. The maximum Gasteiger partial charge on any atom is 0.305 e. The molecule has 73 heavy (non-hydrogen) atoms. The number of hydrogen-bond acceptors (Lipinski definition) is 5. The first-order valence-corrected chi connectivity index (χ1v) is 33.1. The third-order valence-electron chi connectivity index (χ3n) is 15.5. The van der Waals surface area contributed by atoms with Crippen molar-refractivity contribution in [3.05, 3.63) is 24.3 Å². The number of carbonyl (C=O) groups excluding carboxylic acids is 2. The lowest BCUT2D eigenvalue weighted by molar-refractivity contribution is -0.143. The number of allylic oxidation sites excluding steroid dienone is 4. The third kappa shape index (κ3) is 59.4. The van der Waals surface area contributed by atoms with Gasteiger partial charge in [-0.15, -0.1) is 0 Å². The second-order valence-electron chi connectivity index (χ2n) is 22.8. The number of esters is 1. The molecule has 3 N–H and O–H groups in total. The fraction of sp³-hybridized carbons (Fsp3) is 0.910. The number of rotatable bonds is 62. The Morgan fingerprint density at radius 1 is 0.384 bits per heavy atom. The number of ether oxygens (including phenoxy) is 1. The highest BCUT2D eigenvalue weighted by molar-refractivity contribution is 5.76. The summed E-state index contributed by atoms with van der Waals surface area (Å²) in [6.45, 7) is 4.95. The summed E-state index contributed by atoms with van der Waals surface area (Å²) in [5.74, 6) is -0.0258. The number of carbonyl (C=O) groups is 2. The van der Waals surface area contributed by atoms with Crippen LogP contribution in [-0.4, -0.2) is 47.4 Å². The van der Waals surface area contributed by atoms with E-state index in [1.54, 1.807) is 0 Å². The quantitative estimate of drug-likeness (QED) is 0.0320. The number of amides is 1. The van der Waals surface area contributed by atoms with E-state index in [1.165, 1.54) is 283 Å². The van der Waals surface area contributed by atoms with Crippen LogP contribution in [0.1, 0.15) is 367 Å². The van der Waals surface area contributed by atoms with Crippen LogP contribution >= 0.6 is 0 Å². The van der Waals surface area contributed by atoms with Gasteiger partial charge in [-0.05, 0) is 57.8 Å². The molecule has 0 aromatic heterocycles. The van der Waals surface area contributed by atoms with Gasteiger partial charge in [0.05, 0.1) is 25.4 Å². The van der Waals surface area contributed by atoms with E-state index < -0.39 is 12.1 Å². The average molecular weight is 1030 g/mol. The molecule has 0 aliphatic carbocycles. The molecular formula is C67H129NO5. The molecular weight excluding hydrogens is 899 g/mol. The summed E-state index contributed by atoms with van der Waals surface area (Å²) in [5.41, 5.74) is 0. The lowest BCUT2D eigenvalue weighted by atomic mass is 10.0. The van der Waals surface area contributed by atoms with Crippen LogP contribution in [0.5, 0.6) is 0 Å². The van der Waals surface area contributed by atoms with Crippen molar-refractivity contribution in [2.45, 2.75) is 379 Å². The van der Waals surface area contributed by atoms with Crippen molar-refractivity contribution in [2.75, 3.05) is 13.2 Å². The maximum absolute atomic E-state index is 12.5. The van der Waals surface area contributed by atoms with Crippen molar-refractivity contribution in [1.29, 1.82) is 0 Å². The Labute approximate surface area is 456 Å². The monoisotopic (exact) mass is 1030 g/mol. The molecule has 0 rings (SSSR count). The predicted octanol–water partition coefficient (Wildman–Crippen LogP) is 21.0. The molecule has 0 bridgehead atoms. The van der Waals surface area contributed by atoms with Crippen LogP contribution in [0.25, 0.3) is 0 Å². The van der Waals surface area contributed by atoms with E-state index in [2.05, 4.69) is 43.5 Å². The largest absolute Gasteiger partial charge is 0.466 e. The van der Waals surface area contributed by atoms with Crippen molar-refractivity contribution in [2.24, 2.45) is 0 Å². The van der Waals surface area contributed by atoms with E-state index in [9.17, 15) is 19.8 Å². The number of aliphatic hydroxyl groups excluding tert-OH is 2. The SMILES string of the molecule is CCCCC/C=C\C/C=C\CCCCCCCC(=O)OCCCCCCCCCCCCCCCCCCCCCCCCCCCCCC(=O)NC(CO)C(O)CCCCCCCCCCCCCCCC. The zero-order valence-electron chi connectivity index (χ0n) is 49.4. The smallest absolute Gasteiger partial charge is 0.305 e. The lowest BCUT2D eigenvalue weighted by Gasteiger charge is -2.22. The molecule has 0 aromatic rings. The summed E-state index contributed by atoms with van der Waals surface area (Å²) in [7, 11) is 0. The highest BCUT2D eigenvalue weighted by Gasteiger charge is 2.20. The van der Waals surface area contributed by atoms with Crippen molar-refractivity contribution in [3.63, 3.8) is 0 Å². The number of nitrogens with one attached hydrogen (secondary N) is 1. The Kier molecular flexibility index (Phi) is 61.4. The Balaban J connectivity index is 3.34. The lowest BCUT2D eigenvalue weighted by Crippen LogP contribution is -2.45. The molecule has 0 spiro atoms. The first-order valence-electron chi connectivity index (χ1n) is 33.1. The van der Waals surface area contributed by atoms with E-state index in [0.717, 1.165) is 51.4 Å². The van der Waals surface area contributed by atoms with Gasteiger partial charge in [-0.1, -0.05) is 321 Å². The molecule has 0 saturated heterocycles. The summed E-state index contributed by atoms with van der Waals surface area (Å²) in [4.78, 5) is 24.5. The molecule has 0 aromatic carbocycles. The predicted molar refractivity (Wildman–Crippen MR) is 320 cm³/mol. The van der Waals surface area contributed by atoms with Crippen LogP contribution in [0, 0.1) is 0 Å². The summed E-state index contributed by atoms with van der Waals surface area (Å²) in [6, 6.07) is -0.539. The standard InChI is InChI=1S/C67H129NO5/c1-3-5-7-9-11-13-15-17-32-37-41-45-49-53-57-61-67(72)73-62-58-54-50-46-42-38-34-31-29-27-25-23-21-19-20-22-24-26-28-30-33-36-40-44-48-52-56-60-66(71)68-64(63-69)65(70)59-55-51-47-43-39-35-18-16-14-12-10-8-6-4-2/h11,13,17,32,64-65,69-70H,3-10,12,14-16,18-31,33-63H2,1-2H3,(H,68,71)/b13-11-,32-17-. The highest BCUT2D eigenvalue weighted by Crippen LogP contribution is 2.19. The molecule has 2 atom stereocenters. The van der Waals surface area contributed by atoms with Crippen molar-refractivity contribution in [3.8, 4) is 0 Å². The van der Waals surface area contributed by atoms with Crippen molar-refractivity contribution >= 4 is 11.9 Å². The van der Waals surface area contributed by atoms with Gasteiger partial charge in [0.1, 0.15) is 0 Å². The van der Waals surface area contributed by atoms with E-state index in [4.69, 9.17) is 4.74 Å². The number of unbranched alkanes of at least 4 members (excludes halogenated alkanes) is 47. The third-order valence-corrected chi connectivity index (χ3v) is 15.5. The average Bonchev–Trinajstić information content (AvgIpc) is 3.39. The normalized spacial score (nSPS) is 12.7. The van der Waals surface area contributed by atoms with Gasteiger partial charge in [0.25, 0.3) is 0 Å². The fourth-order valence-electron chi connectivity index (χ4n) is 10.4. The van der Waals surface area contributed by atoms with Gasteiger partial charge in [-0.2, -0.15) is 0 Å². The molecule has 0 aliphatic rings. The van der Waals surface area contributed by atoms with E-state index in [0.29, 0.717) is 25.9 Å². The van der Waals surface area contributed by atoms with E-state index in [1.807, 2.05) is 0 Å². The van der Waals surface area contributed by atoms with Gasteiger partial charge < -0.3 is 20.3 Å². The topological polar surface area (TPSA) is 95.9 Å². The Morgan fingerprint density at radius 3 is 1.07 bits per heavy atom. The van der Waals surface area contributed by atoms with Gasteiger partial charge >= 0.3 is 5.97 Å². The van der Waals surface area contributed by atoms with Gasteiger partial charge in [0.15, 0.2) is 0 Å².